The van der Waals surface area contributed by atoms with Gasteiger partial charge in [0.25, 0.3) is 6.47 Å². The van der Waals surface area contributed by atoms with Gasteiger partial charge in [0.05, 0.1) is 22.4 Å². The van der Waals surface area contributed by atoms with Crippen molar-refractivity contribution in [2.75, 3.05) is 61.6 Å². The van der Waals surface area contributed by atoms with Gasteiger partial charge in [-0.05, 0) is 120 Å². The number of aliphatic hydroxyl groups excluding tert-OH is 1. The fraction of sp³-hybridized carbons (Fsp3) is 0.271. The number of rotatable bonds is 11. The van der Waals surface area contributed by atoms with E-state index in [1.165, 1.54) is 29.2 Å². The van der Waals surface area contributed by atoms with Crippen LogP contribution in [-0.2, 0) is 57.6 Å². The summed E-state index contributed by atoms with van der Waals surface area (Å²) < 4.78 is 56.6. The maximum absolute atomic E-state index is 12.0. The van der Waals surface area contributed by atoms with Gasteiger partial charge in [-0.25, -0.2) is 21.0 Å². The first kappa shape index (κ1) is 72.5. The van der Waals surface area contributed by atoms with Gasteiger partial charge in [-0.3, -0.25) is 9.69 Å². The van der Waals surface area contributed by atoms with Gasteiger partial charge in [0, 0.05) is 118 Å². The Kier molecular flexibility index (Phi) is 32.7. The molecule has 9 rings (SSSR count). The number of benzene rings is 7. The Morgan fingerprint density at radius 1 is 0.622 bits per heavy atom. The predicted molar refractivity (Wildman–Crippen MR) is 331 cm³/mol. The summed E-state index contributed by atoms with van der Waals surface area (Å²) in [5, 5.41) is 22.9. The molecule has 2 saturated heterocycles. The Morgan fingerprint density at radius 3 is 1.49 bits per heavy atom. The van der Waals surface area contributed by atoms with Gasteiger partial charge >= 0.3 is 29.6 Å². The monoisotopic (exact) mass is 1300 g/mol. The fourth-order valence-corrected chi connectivity index (χ4v) is 10.5. The first-order valence-electron chi connectivity index (χ1n) is 25.0. The molecule has 2 aliphatic heterocycles. The summed E-state index contributed by atoms with van der Waals surface area (Å²) in [6, 6.07) is 53.4. The van der Waals surface area contributed by atoms with E-state index < -0.39 is 28.9 Å². The van der Waals surface area contributed by atoms with Crippen LogP contribution in [0, 0.1) is 20.8 Å². The number of carbonyl (C=O) groups is 1. The van der Waals surface area contributed by atoms with E-state index >= 15 is 0 Å². The van der Waals surface area contributed by atoms with E-state index in [-0.39, 0.29) is 54.7 Å². The number of alkyl halides is 1. The molecule has 2 N–H and O–H groups in total. The minimum absolute atomic E-state index is 0. The minimum Gasteiger partial charge on any atom is -0.662 e. The molecule has 2 atom stereocenters. The third-order valence-electron chi connectivity index (χ3n) is 12.7. The maximum atomic E-state index is 12.0. The van der Waals surface area contributed by atoms with Crippen LogP contribution < -0.4 is 49.9 Å². The molecule has 2 aliphatic rings. The van der Waals surface area contributed by atoms with Crippen LogP contribution in [0.2, 0.25) is 15.1 Å². The summed E-state index contributed by atoms with van der Waals surface area (Å²) in [6.45, 7) is 11.7. The normalized spacial score (nSPS) is 14.9. The zero-order valence-corrected chi connectivity index (χ0v) is 55.2. The Balaban J connectivity index is 0.000000298. The largest absolute Gasteiger partial charge is 1.00 e. The molecule has 82 heavy (non-hydrogen) atoms. The van der Waals surface area contributed by atoms with Crippen LogP contribution in [0.5, 0.6) is 0 Å². The van der Waals surface area contributed by atoms with Crippen molar-refractivity contribution in [3.05, 3.63) is 223 Å². The van der Waals surface area contributed by atoms with Gasteiger partial charge < -0.3 is 30.4 Å². The number of nitrogens with zero attached hydrogens (tertiary/aromatic N) is 3. The quantitative estimate of drug-likeness (QED) is 0.0313. The number of nitrogens with one attached hydrogen (secondary N) is 1. The van der Waals surface area contributed by atoms with Gasteiger partial charge in [-0.1, -0.05) is 144 Å². The molecule has 0 amide bonds. The van der Waals surface area contributed by atoms with Crippen molar-refractivity contribution < 1.29 is 70.6 Å². The third kappa shape index (κ3) is 25.1. The molecule has 0 radical (unpaired) electrons. The SMILES string of the molecule is CS(=O)(=O)c1cccc(N2CCNC(c3ccccc3)C2)c1.Cc1ccc(CCl)cc1Cl.Cc1ccc(CN2CCN(c3cccc(S(C)(=O)=O)c3)CC2c2ccccc2)cc1Cl.Cc1ccc(CO)cc1Cl.O=CO[O-].O=S(Cl)Cl.[Na+]. The van der Waals surface area contributed by atoms with Crippen LogP contribution in [0.15, 0.2) is 174 Å². The summed E-state index contributed by atoms with van der Waals surface area (Å²) in [5.41, 5.74) is 10.8. The minimum atomic E-state index is -3.24. The predicted octanol–water partition coefficient (Wildman–Crippen LogP) is 9.37. The molecule has 2 fully saturated rings. The second-order valence-corrected chi connectivity index (χ2v) is 26.7. The Labute approximate surface area is 536 Å². The van der Waals surface area contributed by atoms with E-state index in [4.69, 9.17) is 65.8 Å². The maximum Gasteiger partial charge on any atom is 1.00 e. The molecule has 7 aromatic carbocycles. The van der Waals surface area contributed by atoms with E-state index in [9.17, 15) is 16.8 Å². The first-order valence-corrected chi connectivity index (χ1v) is 33.3. The number of piperazine rings is 2. The van der Waals surface area contributed by atoms with Crippen LogP contribution in [-0.4, -0.2) is 89.3 Å². The van der Waals surface area contributed by atoms with Gasteiger partial charge in [0.15, 0.2) is 19.7 Å². The number of sulfone groups is 2. The Hall–Kier alpha value is -3.76. The van der Waals surface area contributed by atoms with E-state index in [1.54, 1.807) is 30.3 Å². The number of carbonyl (C=O) groups excluding carboxylic acids is 1. The second-order valence-electron chi connectivity index (χ2n) is 18.7. The van der Waals surface area contributed by atoms with Crippen molar-refractivity contribution in [2.24, 2.45) is 0 Å². The standard InChI is InChI=1S/C25H27ClN2O2S.C17H20N2O2S.C8H8Cl2.C8H9ClO.CH2O3.Cl2OS.Na/c1-19-11-12-20(15-24(19)26)17-28-14-13-27(18-25(28)21-7-4-3-5-8-21)22-9-6-10-23(16-22)31(2,29)30;1-22(20,21)16-9-5-8-15(12-16)19-11-10-18-17(13-19)14-6-3-2-4-7-14;1-6-2-3-7(5-9)4-8(6)10;1-6-2-3-7(5-10)4-8(6)9;2-1-4-3;1-4(2)3;/h3-12,15-16,25H,13-14,17-18H2,1-2H3;2-9,12,17-18H,10-11,13H2,1H3;2-4H,5H2,1H3;2-4,10H,5H2,1H3;1,3H;;/q;;;;;;+1/p-1. The zero-order chi connectivity index (χ0) is 59.7. The van der Waals surface area contributed by atoms with Gasteiger partial charge in [-0.2, -0.15) is 0 Å². The van der Waals surface area contributed by atoms with E-state index in [1.807, 2.05) is 99.6 Å². The van der Waals surface area contributed by atoms with E-state index in [2.05, 4.69) is 101 Å². The average Bonchev–Trinajstić information content (AvgIpc) is 3.53. The number of aliphatic hydroxyl groups is 1. The van der Waals surface area contributed by atoms with Crippen LogP contribution in [0.4, 0.5) is 11.4 Å². The smallest absolute Gasteiger partial charge is 0.662 e. The molecule has 13 nitrogen and oxygen atoms in total. The molecular formula is C59H65Cl6N4NaO9S3. The Morgan fingerprint density at radius 2 is 1.05 bits per heavy atom. The van der Waals surface area contributed by atoms with Crippen LogP contribution in [0.3, 0.4) is 0 Å². The summed E-state index contributed by atoms with van der Waals surface area (Å²) in [6.07, 6.45) is 2.50. The Bertz CT molecular complexity index is 3290. The first-order chi connectivity index (χ1) is 38.5. The molecule has 0 aromatic heterocycles. The molecule has 0 aliphatic carbocycles. The molecule has 436 valence electrons. The van der Waals surface area contributed by atoms with E-state index in [0.29, 0.717) is 20.7 Å². The number of hydrogen-bond donors (Lipinski definition) is 2. The van der Waals surface area contributed by atoms with Crippen LogP contribution in [0.25, 0.3) is 0 Å². The molecule has 0 saturated carbocycles. The van der Waals surface area contributed by atoms with E-state index in [0.717, 1.165) is 95.1 Å². The molecule has 2 heterocycles. The molecule has 23 heteroatoms. The van der Waals surface area contributed by atoms with Crippen molar-refractivity contribution in [2.45, 2.75) is 61.7 Å². The zero-order valence-electron chi connectivity index (χ0n) is 46.2. The van der Waals surface area contributed by atoms with Crippen LogP contribution >= 0.6 is 67.8 Å². The molecule has 0 bridgehead atoms. The van der Waals surface area contributed by atoms with Crippen molar-refractivity contribution in [3.63, 3.8) is 0 Å². The molecule has 2 unspecified atom stereocenters. The summed E-state index contributed by atoms with van der Waals surface area (Å²) in [4.78, 5) is 19.0. The van der Waals surface area contributed by atoms with Crippen molar-refractivity contribution in [1.82, 2.24) is 10.2 Å². The van der Waals surface area contributed by atoms with Crippen LogP contribution in [0.1, 0.15) is 56.6 Å². The molecule has 7 aromatic rings. The van der Waals surface area contributed by atoms with Gasteiger partial charge in [-0.15, -0.1) is 11.6 Å². The molecule has 0 spiro atoms. The van der Waals surface area contributed by atoms with Gasteiger partial charge in [0.2, 0.25) is 9.23 Å². The molecular weight excluding hydrogens is 1240 g/mol. The number of hydrogen-bond acceptors (Lipinski definition) is 13. The topological polar surface area (TPSA) is 177 Å². The van der Waals surface area contributed by atoms with Gasteiger partial charge in [0.1, 0.15) is 0 Å². The average molecular weight is 1310 g/mol. The number of halogens is 6. The van der Waals surface area contributed by atoms with Crippen molar-refractivity contribution in [3.8, 4) is 0 Å². The van der Waals surface area contributed by atoms with Crippen molar-refractivity contribution >= 4 is 115 Å². The second kappa shape index (κ2) is 36.9. The summed E-state index contributed by atoms with van der Waals surface area (Å²) >= 11 is 23.6. The summed E-state index contributed by atoms with van der Waals surface area (Å²) in [7, 11) is 0.948. The third-order valence-corrected chi connectivity index (χ3v) is 16.5. The number of aryl methyl sites for hydroxylation is 3. The van der Waals surface area contributed by atoms with Crippen molar-refractivity contribution in [1.29, 1.82) is 0 Å². The number of anilines is 2. The fourth-order valence-electron chi connectivity index (χ4n) is 8.37. The summed E-state index contributed by atoms with van der Waals surface area (Å²) in [5.74, 6) is 0.528.